The molecule has 0 heterocycles. The molecule has 17 heavy (non-hydrogen) atoms. The summed E-state index contributed by atoms with van der Waals surface area (Å²) in [7, 11) is 0. The van der Waals surface area contributed by atoms with Gasteiger partial charge in [0, 0.05) is 19.8 Å². The van der Waals surface area contributed by atoms with E-state index in [1.807, 2.05) is 6.07 Å². The van der Waals surface area contributed by atoms with Gasteiger partial charge in [-0.2, -0.15) is 0 Å². The van der Waals surface area contributed by atoms with Crippen LogP contribution in [0.5, 0.6) is 0 Å². The Morgan fingerprint density at radius 3 is 2.88 bits per heavy atom. The van der Waals surface area contributed by atoms with E-state index in [9.17, 15) is 4.39 Å². The molecule has 0 spiro atoms. The molecule has 0 saturated carbocycles. The van der Waals surface area contributed by atoms with Crippen LogP contribution in [-0.4, -0.2) is 19.8 Å². The van der Waals surface area contributed by atoms with Gasteiger partial charge < -0.3 is 10.1 Å². The molecule has 0 bridgehead atoms. The van der Waals surface area contributed by atoms with E-state index in [0.29, 0.717) is 11.0 Å². The van der Waals surface area contributed by atoms with Crippen LogP contribution in [0.2, 0.25) is 0 Å². The molecule has 0 unspecified atom stereocenters. The normalized spacial score (nSPS) is 10.8. The first-order valence-corrected chi connectivity index (χ1v) is 6.75. The summed E-state index contributed by atoms with van der Waals surface area (Å²) in [6.45, 7) is 5.30. The van der Waals surface area contributed by atoms with Gasteiger partial charge in [-0.3, -0.25) is 0 Å². The SMILES string of the molecule is CCCOCCCNCc1ccc(Br)c(F)c1. The first-order chi connectivity index (χ1) is 8.24. The van der Waals surface area contributed by atoms with Gasteiger partial charge in [0.15, 0.2) is 0 Å². The van der Waals surface area contributed by atoms with Crippen molar-refractivity contribution in [2.24, 2.45) is 0 Å². The van der Waals surface area contributed by atoms with Crippen LogP contribution in [0.25, 0.3) is 0 Å². The van der Waals surface area contributed by atoms with Crippen LogP contribution in [0.4, 0.5) is 4.39 Å². The largest absolute Gasteiger partial charge is 0.381 e. The minimum Gasteiger partial charge on any atom is -0.381 e. The number of rotatable bonds is 8. The Morgan fingerprint density at radius 2 is 2.18 bits per heavy atom. The van der Waals surface area contributed by atoms with E-state index in [0.717, 1.165) is 38.2 Å². The summed E-state index contributed by atoms with van der Waals surface area (Å²) in [5.74, 6) is -0.212. The fourth-order valence-corrected chi connectivity index (χ4v) is 1.67. The highest BCUT2D eigenvalue weighted by atomic mass is 79.9. The van der Waals surface area contributed by atoms with Crippen LogP contribution in [0.1, 0.15) is 25.3 Å². The summed E-state index contributed by atoms with van der Waals surface area (Å²) < 4.78 is 19.1. The highest BCUT2D eigenvalue weighted by Crippen LogP contribution is 2.16. The summed E-state index contributed by atoms with van der Waals surface area (Å²) in [5, 5.41) is 3.26. The van der Waals surface area contributed by atoms with Crippen molar-refractivity contribution in [3.05, 3.63) is 34.1 Å². The minimum atomic E-state index is -0.212. The molecule has 0 aliphatic heterocycles. The van der Waals surface area contributed by atoms with E-state index >= 15 is 0 Å². The highest BCUT2D eigenvalue weighted by molar-refractivity contribution is 9.10. The van der Waals surface area contributed by atoms with E-state index in [1.54, 1.807) is 12.1 Å². The first-order valence-electron chi connectivity index (χ1n) is 5.96. The van der Waals surface area contributed by atoms with Crippen LogP contribution in [0.15, 0.2) is 22.7 Å². The second-order valence-electron chi connectivity index (χ2n) is 3.89. The van der Waals surface area contributed by atoms with Crippen LogP contribution in [0.3, 0.4) is 0 Å². The molecule has 0 aromatic heterocycles. The maximum atomic E-state index is 13.2. The number of hydrogen-bond donors (Lipinski definition) is 1. The molecular weight excluding hydrogens is 285 g/mol. The third kappa shape index (κ3) is 6.15. The van der Waals surface area contributed by atoms with Crippen molar-refractivity contribution in [2.45, 2.75) is 26.3 Å². The molecule has 0 amide bonds. The average molecular weight is 304 g/mol. The Kier molecular flexibility index (Phi) is 7.40. The van der Waals surface area contributed by atoms with Crippen LogP contribution in [0, 0.1) is 5.82 Å². The Morgan fingerprint density at radius 1 is 1.35 bits per heavy atom. The lowest BCUT2D eigenvalue weighted by Gasteiger charge is -2.06. The van der Waals surface area contributed by atoms with E-state index in [2.05, 4.69) is 28.2 Å². The monoisotopic (exact) mass is 303 g/mol. The van der Waals surface area contributed by atoms with Crippen molar-refractivity contribution in [1.29, 1.82) is 0 Å². The molecule has 0 aliphatic carbocycles. The number of nitrogens with one attached hydrogen (secondary N) is 1. The topological polar surface area (TPSA) is 21.3 Å². The summed E-state index contributed by atoms with van der Waals surface area (Å²) in [5.41, 5.74) is 0.958. The van der Waals surface area contributed by atoms with Crippen molar-refractivity contribution in [3.63, 3.8) is 0 Å². The average Bonchev–Trinajstić information content (AvgIpc) is 2.32. The fraction of sp³-hybridized carbons (Fsp3) is 0.538. The lowest BCUT2D eigenvalue weighted by atomic mass is 10.2. The molecule has 1 N–H and O–H groups in total. The Balaban J connectivity index is 2.11. The van der Waals surface area contributed by atoms with Gasteiger partial charge in [0.1, 0.15) is 5.82 Å². The Labute approximate surface area is 111 Å². The molecule has 0 radical (unpaired) electrons. The number of halogens is 2. The van der Waals surface area contributed by atoms with E-state index in [1.165, 1.54) is 0 Å². The van der Waals surface area contributed by atoms with E-state index in [-0.39, 0.29) is 5.82 Å². The van der Waals surface area contributed by atoms with Gasteiger partial charge in [0.2, 0.25) is 0 Å². The number of ether oxygens (including phenoxy) is 1. The summed E-state index contributed by atoms with van der Waals surface area (Å²) in [6, 6.07) is 5.19. The van der Waals surface area contributed by atoms with Gasteiger partial charge in [-0.15, -0.1) is 0 Å². The molecule has 0 aliphatic rings. The van der Waals surface area contributed by atoms with E-state index in [4.69, 9.17) is 4.74 Å². The lowest BCUT2D eigenvalue weighted by molar-refractivity contribution is 0.132. The summed E-state index contributed by atoms with van der Waals surface area (Å²) >= 11 is 3.13. The second kappa shape index (κ2) is 8.61. The molecule has 4 heteroatoms. The molecule has 96 valence electrons. The van der Waals surface area contributed by atoms with Crippen LogP contribution in [-0.2, 0) is 11.3 Å². The van der Waals surface area contributed by atoms with Crippen molar-refractivity contribution >= 4 is 15.9 Å². The Bertz CT molecular complexity index is 333. The fourth-order valence-electron chi connectivity index (χ4n) is 1.43. The predicted octanol–water partition coefficient (Wildman–Crippen LogP) is 3.49. The quantitative estimate of drug-likeness (QED) is 0.742. The van der Waals surface area contributed by atoms with Gasteiger partial charge in [-0.1, -0.05) is 13.0 Å². The zero-order valence-electron chi connectivity index (χ0n) is 10.1. The molecule has 2 nitrogen and oxygen atoms in total. The first kappa shape index (κ1) is 14.6. The highest BCUT2D eigenvalue weighted by Gasteiger charge is 1.99. The van der Waals surface area contributed by atoms with E-state index < -0.39 is 0 Å². The zero-order chi connectivity index (χ0) is 12.5. The van der Waals surface area contributed by atoms with Crippen molar-refractivity contribution in [3.8, 4) is 0 Å². The maximum absolute atomic E-state index is 13.2. The molecule has 1 aromatic carbocycles. The van der Waals surface area contributed by atoms with Gasteiger partial charge in [0.25, 0.3) is 0 Å². The molecule has 0 fully saturated rings. The smallest absolute Gasteiger partial charge is 0.137 e. The van der Waals surface area contributed by atoms with Gasteiger partial charge in [-0.25, -0.2) is 4.39 Å². The lowest BCUT2D eigenvalue weighted by Crippen LogP contribution is -2.16. The molecule has 1 rings (SSSR count). The van der Waals surface area contributed by atoms with Gasteiger partial charge >= 0.3 is 0 Å². The molecule has 0 atom stereocenters. The maximum Gasteiger partial charge on any atom is 0.137 e. The summed E-state index contributed by atoms with van der Waals surface area (Å²) in [4.78, 5) is 0. The molecule has 1 aromatic rings. The van der Waals surface area contributed by atoms with Crippen molar-refractivity contribution in [1.82, 2.24) is 5.32 Å². The minimum absolute atomic E-state index is 0.212. The van der Waals surface area contributed by atoms with Crippen LogP contribution >= 0.6 is 15.9 Å². The Hall–Kier alpha value is -0.450. The standard InChI is InChI=1S/C13H19BrFNO/c1-2-7-17-8-3-6-16-10-11-4-5-12(14)13(15)9-11/h4-5,9,16H,2-3,6-8,10H2,1H3. The number of benzene rings is 1. The van der Waals surface area contributed by atoms with Crippen LogP contribution < -0.4 is 5.32 Å². The third-order valence-corrected chi connectivity index (χ3v) is 2.95. The third-order valence-electron chi connectivity index (χ3n) is 2.30. The molecular formula is C13H19BrFNO. The predicted molar refractivity (Wildman–Crippen MR) is 71.5 cm³/mol. The van der Waals surface area contributed by atoms with Gasteiger partial charge in [-0.05, 0) is 53.0 Å². The molecule has 0 saturated heterocycles. The van der Waals surface area contributed by atoms with Crippen molar-refractivity contribution in [2.75, 3.05) is 19.8 Å². The van der Waals surface area contributed by atoms with Crippen molar-refractivity contribution < 1.29 is 9.13 Å². The zero-order valence-corrected chi connectivity index (χ0v) is 11.7. The number of hydrogen-bond acceptors (Lipinski definition) is 2. The second-order valence-corrected chi connectivity index (χ2v) is 4.75. The summed E-state index contributed by atoms with van der Waals surface area (Å²) in [6.07, 6.45) is 2.05. The van der Waals surface area contributed by atoms with Gasteiger partial charge in [0.05, 0.1) is 4.47 Å².